The van der Waals surface area contributed by atoms with Crippen molar-refractivity contribution in [1.82, 2.24) is 0 Å². The first-order chi connectivity index (χ1) is 7.31. The average Bonchev–Trinajstić information content (AvgIpc) is 2.72. The molecule has 0 aromatic heterocycles. The number of carbonyl (C=O) groups excluding carboxylic acids is 1. The van der Waals surface area contributed by atoms with Gasteiger partial charge in [0.2, 0.25) is 0 Å². The zero-order chi connectivity index (χ0) is 10.4. The number of anilines is 1. The lowest BCUT2D eigenvalue weighted by Gasteiger charge is -2.11. The predicted molar refractivity (Wildman–Crippen MR) is 57.3 cm³/mol. The van der Waals surface area contributed by atoms with Gasteiger partial charge < -0.3 is 4.90 Å². The summed E-state index contributed by atoms with van der Waals surface area (Å²) < 4.78 is 0. The second-order valence-electron chi connectivity index (χ2n) is 3.37. The number of Topliss-reactive ketones (excluding diaryl/α,β-unsaturated/α-hetero) is 1. The predicted octanol–water partition coefficient (Wildman–Crippen LogP) is 1.92. The van der Waals surface area contributed by atoms with Crippen molar-refractivity contribution in [2.45, 2.75) is 4.90 Å². The van der Waals surface area contributed by atoms with Gasteiger partial charge in [0, 0.05) is 4.90 Å². The second kappa shape index (κ2) is 2.88. The minimum Gasteiger partial charge on any atom is -0.326 e. The van der Waals surface area contributed by atoms with E-state index < -0.39 is 0 Å². The summed E-state index contributed by atoms with van der Waals surface area (Å²) >= 11 is 1.51. The Morgan fingerprint density at radius 3 is 3.00 bits per heavy atom. The highest BCUT2D eigenvalue weighted by Gasteiger charge is 2.37. The summed E-state index contributed by atoms with van der Waals surface area (Å²) in [5, 5.41) is 9.69. The summed E-state index contributed by atoms with van der Waals surface area (Å²) in [7, 11) is 0. The summed E-state index contributed by atoms with van der Waals surface area (Å²) in [5.74, 6) is -0.0745. The lowest BCUT2D eigenvalue weighted by Crippen LogP contribution is -2.17. The molecule has 0 atom stereocenters. The van der Waals surface area contributed by atoms with Crippen LogP contribution in [0.25, 0.3) is 0 Å². The maximum atomic E-state index is 11.5. The van der Waals surface area contributed by atoms with Gasteiger partial charge >= 0.3 is 0 Å². The summed E-state index contributed by atoms with van der Waals surface area (Å²) in [6, 6.07) is 9.87. The zero-order valence-corrected chi connectivity index (χ0v) is 8.54. The van der Waals surface area contributed by atoms with E-state index in [1.807, 2.05) is 35.2 Å². The third-order valence-corrected chi connectivity index (χ3v) is 3.70. The lowest BCUT2D eigenvalue weighted by atomic mass is 10.2. The monoisotopic (exact) mass is 214 g/mol. The molecule has 0 spiro atoms. The summed E-state index contributed by atoms with van der Waals surface area (Å²) in [6.07, 6.45) is 0. The van der Waals surface area contributed by atoms with E-state index in [0.717, 1.165) is 15.6 Å². The first-order valence-electron chi connectivity index (χ1n) is 4.53. The van der Waals surface area contributed by atoms with E-state index in [9.17, 15) is 4.79 Å². The molecule has 15 heavy (non-hydrogen) atoms. The van der Waals surface area contributed by atoms with Crippen LogP contribution in [0.4, 0.5) is 5.69 Å². The van der Waals surface area contributed by atoms with Gasteiger partial charge in [-0.15, -0.1) is 0 Å². The van der Waals surface area contributed by atoms with E-state index in [2.05, 4.69) is 0 Å². The lowest BCUT2D eigenvalue weighted by molar-refractivity contribution is -0.113. The van der Waals surface area contributed by atoms with Crippen molar-refractivity contribution in [1.29, 1.82) is 5.26 Å². The van der Waals surface area contributed by atoms with Gasteiger partial charge in [-0.05, 0) is 12.1 Å². The molecule has 2 aliphatic rings. The normalized spacial score (nSPS) is 17.8. The van der Waals surface area contributed by atoms with E-state index >= 15 is 0 Å². The fourth-order valence-electron chi connectivity index (χ4n) is 1.83. The molecule has 0 aliphatic carbocycles. The number of nitriles is 1. The molecular weight excluding hydrogens is 208 g/mol. The first-order valence-corrected chi connectivity index (χ1v) is 5.35. The zero-order valence-electron chi connectivity index (χ0n) is 7.73. The van der Waals surface area contributed by atoms with Gasteiger partial charge in [-0.1, -0.05) is 23.9 Å². The van der Waals surface area contributed by atoms with E-state index in [-0.39, 0.29) is 5.78 Å². The van der Waals surface area contributed by atoms with Crippen molar-refractivity contribution in [2.75, 3.05) is 11.4 Å². The smallest absolute Gasteiger partial charge is 0.195 e. The van der Waals surface area contributed by atoms with Crippen LogP contribution in [-0.4, -0.2) is 12.3 Å². The first kappa shape index (κ1) is 8.57. The molecule has 2 heterocycles. The highest BCUT2D eigenvalue weighted by Crippen LogP contribution is 2.49. The van der Waals surface area contributed by atoms with E-state index in [1.54, 1.807) is 0 Å². The Kier molecular flexibility index (Phi) is 1.64. The number of rotatable bonds is 0. The van der Waals surface area contributed by atoms with Crippen molar-refractivity contribution in [3.8, 4) is 6.07 Å². The van der Waals surface area contributed by atoms with Gasteiger partial charge in [-0.3, -0.25) is 4.79 Å². The molecule has 1 aromatic rings. The van der Waals surface area contributed by atoms with Crippen LogP contribution in [0.2, 0.25) is 0 Å². The van der Waals surface area contributed by atoms with Crippen molar-refractivity contribution in [2.24, 2.45) is 0 Å². The number of hydrogen-bond acceptors (Lipinski definition) is 4. The fourth-order valence-corrected chi connectivity index (χ4v) is 3.00. The molecule has 0 saturated carbocycles. The van der Waals surface area contributed by atoms with Crippen molar-refractivity contribution in [3.05, 3.63) is 34.9 Å². The Morgan fingerprint density at radius 1 is 1.40 bits per heavy atom. The van der Waals surface area contributed by atoms with Gasteiger partial charge in [-0.25, -0.2) is 0 Å². The number of ketones is 1. The molecule has 0 unspecified atom stereocenters. The maximum absolute atomic E-state index is 11.5. The van der Waals surface area contributed by atoms with Crippen LogP contribution in [0, 0.1) is 11.3 Å². The molecule has 0 saturated heterocycles. The van der Waals surface area contributed by atoms with Crippen LogP contribution in [0.5, 0.6) is 0 Å². The molecule has 1 aromatic carbocycles. The van der Waals surface area contributed by atoms with Crippen molar-refractivity contribution in [3.63, 3.8) is 0 Å². The Balaban J connectivity index is 2.19. The number of carbonyl (C=O) groups is 1. The SMILES string of the molecule is N#CC1=C2Sc3ccccc3N2CC1=O. The molecule has 4 heteroatoms. The number of fused-ring (bicyclic) bond motifs is 3. The maximum Gasteiger partial charge on any atom is 0.195 e. The number of hydrogen-bond donors (Lipinski definition) is 0. The third kappa shape index (κ3) is 1.04. The van der Waals surface area contributed by atoms with E-state index in [4.69, 9.17) is 5.26 Å². The minimum absolute atomic E-state index is 0.0745. The topological polar surface area (TPSA) is 44.1 Å². The standard InChI is InChI=1S/C11H6N2OS/c12-5-7-9(14)6-13-8-3-1-2-4-10(8)15-11(7)13/h1-4H,6H2. The van der Waals surface area contributed by atoms with E-state index in [1.165, 1.54) is 11.8 Å². The molecule has 3 rings (SSSR count). The summed E-state index contributed by atoms with van der Waals surface area (Å²) in [4.78, 5) is 14.5. The fraction of sp³-hybridized carbons (Fsp3) is 0.0909. The van der Waals surface area contributed by atoms with Crippen molar-refractivity contribution < 1.29 is 4.79 Å². The highest BCUT2D eigenvalue weighted by atomic mass is 32.2. The summed E-state index contributed by atoms with van der Waals surface area (Å²) in [5.41, 5.74) is 1.34. The molecular formula is C11H6N2OS. The third-order valence-electron chi connectivity index (χ3n) is 2.51. The number of benzene rings is 1. The van der Waals surface area contributed by atoms with Crippen LogP contribution >= 0.6 is 11.8 Å². The average molecular weight is 214 g/mol. The van der Waals surface area contributed by atoms with E-state index in [0.29, 0.717) is 12.1 Å². The van der Waals surface area contributed by atoms with Crippen LogP contribution < -0.4 is 4.90 Å². The van der Waals surface area contributed by atoms with Gasteiger partial charge in [0.25, 0.3) is 0 Å². The van der Waals surface area contributed by atoms with Gasteiger partial charge in [0.1, 0.15) is 16.7 Å². The molecule has 2 aliphatic heterocycles. The van der Waals surface area contributed by atoms with Gasteiger partial charge in [-0.2, -0.15) is 5.26 Å². The van der Waals surface area contributed by atoms with Gasteiger partial charge in [0.05, 0.1) is 12.2 Å². The molecule has 0 radical (unpaired) electrons. The largest absolute Gasteiger partial charge is 0.326 e. The Bertz CT molecular complexity index is 542. The molecule has 0 N–H and O–H groups in total. The quantitative estimate of drug-likeness (QED) is 0.661. The number of para-hydroxylation sites is 1. The molecule has 3 nitrogen and oxygen atoms in total. The summed E-state index contributed by atoms with van der Waals surface area (Å²) in [6.45, 7) is 0.308. The van der Waals surface area contributed by atoms with Crippen LogP contribution in [0.3, 0.4) is 0 Å². The van der Waals surface area contributed by atoms with Crippen LogP contribution in [0.15, 0.2) is 39.8 Å². The Hall–Kier alpha value is -1.73. The Labute approximate surface area is 91.0 Å². The molecule has 72 valence electrons. The highest BCUT2D eigenvalue weighted by molar-refractivity contribution is 8.03. The number of nitrogens with zero attached hydrogens (tertiary/aromatic N) is 2. The van der Waals surface area contributed by atoms with Crippen molar-refractivity contribution >= 4 is 23.2 Å². The van der Waals surface area contributed by atoms with Gasteiger partial charge in [0.15, 0.2) is 5.78 Å². The Morgan fingerprint density at radius 2 is 2.20 bits per heavy atom. The number of thioether (sulfide) groups is 1. The second-order valence-corrected chi connectivity index (χ2v) is 4.40. The van der Waals surface area contributed by atoms with Crippen LogP contribution in [-0.2, 0) is 4.79 Å². The molecule has 0 amide bonds. The minimum atomic E-state index is -0.0745. The van der Waals surface area contributed by atoms with Crippen LogP contribution in [0.1, 0.15) is 0 Å². The molecule has 0 bridgehead atoms. The molecule has 0 fully saturated rings.